The van der Waals surface area contributed by atoms with E-state index in [0.717, 1.165) is 11.9 Å². The monoisotopic (exact) mass is 289 g/mol. The van der Waals surface area contributed by atoms with Crippen LogP contribution in [0.25, 0.3) is 10.9 Å². The summed E-state index contributed by atoms with van der Waals surface area (Å²) in [6.45, 7) is 1.96. The first-order valence-electron chi connectivity index (χ1n) is 6.97. The molecule has 0 saturated heterocycles. The summed E-state index contributed by atoms with van der Waals surface area (Å²) in [6.07, 6.45) is 3.17. The van der Waals surface area contributed by atoms with E-state index in [-0.39, 0.29) is 12.5 Å². The highest BCUT2D eigenvalue weighted by Crippen LogP contribution is 2.19. The molecule has 0 aliphatic rings. The van der Waals surface area contributed by atoms with Gasteiger partial charge in [-0.1, -0.05) is 18.2 Å². The molecule has 2 aromatic rings. The zero-order valence-corrected chi connectivity index (χ0v) is 11.9. The molecule has 2 rings (SSSR count). The zero-order valence-electron chi connectivity index (χ0n) is 11.9. The predicted octanol–water partition coefficient (Wildman–Crippen LogP) is 2.27. The maximum atomic E-state index is 11.6. The zero-order chi connectivity index (χ0) is 15.1. The number of hydrogen-bond donors (Lipinski definition) is 3. The van der Waals surface area contributed by atoms with Crippen molar-refractivity contribution >= 4 is 22.9 Å². The minimum Gasteiger partial charge on any atom is -0.449 e. The van der Waals surface area contributed by atoms with Crippen molar-refractivity contribution in [2.24, 2.45) is 0 Å². The molecular weight excluding hydrogens is 270 g/mol. The molecule has 2 amide bonds. The van der Waals surface area contributed by atoms with Crippen LogP contribution < -0.4 is 10.9 Å². The minimum absolute atomic E-state index is 0.233. The third kappa shape index (κ3) is 4.24. The van der Waals surface area contributed by atoms with Gasteiger partial charge in [0.05, 0.1) is 6.61 Å². The van der Waals surface area contributed by atoms with Gasteiger partial charge in [-0.2, -0.15) is 0 Å². The topological polar surface area (TPSA) is 83.2 Å². The Hall–Kier alpha value is -2.50. The van der Waals surface area contributed by atoms with Crippen LogP contribution >= 0.6 is 0 Å². The molecule has 3 N–H and O–H groups in total. The molecule has 112 valence electrons. The van der Waals surface area contributed by atoms with E-state index in [4.69, 9.17) is 0 Å². The number of carbonyl (C=O) groups is 2. The summed E-state index contributed by atoms with van der Waals surface area (Å²) in [6, 6.07) is 8.06. The van der Waals surface area contributed by atoms with E-state index < -0.39 is 6.09 Å². The largest absolute Gasteiger partial charge is 0.449 e. The van der Waals surface area contributed by atoms with Gasteiger partial charge >= 0.3 is 6.09 Å². The average Bonchev–Trinajstić information content (AvgIpc) is 2.89. The second-order valence-corrected chi connectivity index (χ2v) is 4.61. The van der Waals surface area contributed by atoms with Crippen LogP contribution in [0.3, 0.4) is 0 Å². The molecule has 0 unspecified atom stereocenters. The van der Waals surface area contributed by atoms with Crippen LogP contribution in [-0.2, 0) is 16.0 Å². The summed E-state index contributed by atoms with van der Waals surface area (Å²) in [4.78, 5) is 25.8. The predicted molar refractivity (Wildman–Crippen MR) is 79.5 cm³/mol. The van der Waals surface area contributed by atoms with Gasteiger partial charge in [0.25, 0.3) is 0 Å². The van der Waals surface area contributed by atoms with Crippen molar-refractivity contribution < 1.29 is 14.3 Å². The summed E-state index contributed by atoms with van der Waals surface area (Å²) in [7, 11) is 0. The molecule has 0 bridgehead atoms. The Balaban J connectivity index is 1.74. The van der Waals surface area contributed by atoms with Crippen LogP contribution in [0.15, 0.2) is 30.5 Å². The quantitative estimate of drug-likeness (QED) is 0.738. The number of hydrogen-bond acceptors (Lipinski definition) is 3. The van der Waals surface area contributed by atoms with E-state index in [9.17, 15) is 9.59 Å². The van der Waals surface area contributed by atoms with Gasteiger partial charge in [0.1, 0.15) is 0 Å². The number of benzene rings is 1. The third-order valence-corrected chi connectivity index (χ3v) is 3.10. The van der Waals surface area contributed by atoms with Gasteiger partial charge in [-0.25, -0.2) is 10.2 Å². The number of aryl methyl sites for hydroxylation is 1. The number of carbonyl (C=O) groups excluding carboxylic acids is 2. The smallest absolute Gasteiger partial charge is 0.426 e. The molecule has 6 heteroatoms. The molecular formula is C15H19N3O3. The first-order chi connectivity index (χ1) is 10.2. The molecule has 0 saturated carbocycles. The molecule has 0 atom stereocenters. The van der Waals surface area contributed by atoms with E-state index in [2.05, 4.69) is 26.6 Å². The number of nitrogens with one attached hydrogen (secondary N) is 3. The summed E-state index contributed by atoms with van der Waals surface area (Å²) in [5, 5.41) is 1.18. The van der Waals surface area contributed by atoms with Gasteiger partial charge < -0.3 is 9.72 Å². The Morgan fingerprint density at radius 1 is 1.24 bits per heavy atom. The van der Waals surface area contributed by atoms with E-state index >= 15 is 0 Å². The second-order valence-electron chi connectivity index (χ2n) is 4.61. The van der Waals surface area contributed by atoms with E-state index in [1.54, 1.807) is 6.92 Å². The summed E-state index contributed by atoms with van der Waals surface area (Å²) in [5.41, 5.74) is 6.79. The molecule has 1 aromatic heterocycles. The number of aromatic amines is 1. The van der Waals surface area contributed by atoms with Gasteiger partial charge in [0.15, 0.2) is 0 Å². The van der Waals surface area contributed by atoms with Crippen molar-refractivity contribution in [2.45, 2.75) is 26.2 Å². The number of aromatic nitrogens is 1. The highest BCUT2D eigenvalue weighted by molar-refractivity contribution is 5.83. The number of hydrazine groups is 1. The fourth-order valence-electron chi connectivity index (χ4n) is 2.13. The number of amides is 2. The number of fused-ring (bicyclic) bond motifs is 1. The number of H-pyrrole nitrogens is 1. The molecule has 1 heterocycles. The molecule has 6 nitrogen and oxygen atoms in total. The Labute approximate surface area is 122 Å². The van der Waals surface area contributed by atoms with Gasteiger partial charge in [-0.15, -0.1) is 0 Å². The van der Waals surface area contributed by atoms with Crippen molar-refractivity contribution in [3.8, 4) is 0 Å². The Kier molecular flexibility index (Phi) is 5.20. The standard InChI is InChI=1S/C15H19N3O3/c1-2-21-15(20)18-17-14(19)9-5-6-11-10-16-13-8-4-3-7-12(11)13/h3-4,7-8,10,16H,2,5-6,9H2,1H3,(H,17,19)(H,18,20). The molecule has 0 aliphatic heterocycles. The van der Waals surface area contributed by atoms with Gasteiger partial charge in [-0.05, 0) is 31.4 Å². The van der Waals surface area contributed by atoms with Gasteiger partial charge in [-0.3, -0.25) is 10.2 Å². The maximum absolute atomic E-state index is 11.6. The van der Waals surface area contributed by atoms with E-state index in [1.807, 2.05) is 24.4 Å². The van der Waals surface area contributed by atoms with Crippen molar-refractivity contribution in [3.05, 3.63) is 36.0 Å². The summed E-state index contributed by atoms with van der Waals surface area (Å²) in [5.74, 6) is -0.233. The van der Waals surface area contributed by atoms with Gasteiger partial charge in [0.2, 0.25) is 5.91 Å². The first kappa shape index (κ1) is 14.9. The number of ether oxygens (including phenoxy) is 1. The van der Waals surface area contributed by atoms with Crippen LogP contribution in [0.1, 0.15) is 25.3 Å². The molecule has 0 radical (unpaired) electrons. The van der Waals surface area contributed by atoms with E-state index in [1.165, 1.54) is 10.9 Å². The van der Waals surface area contributed by atoms with Crippen LogP contribution in [0.2, 0.25) is 0 Å². The first-order valence-corrected chi connectivity index (χ1v) is 6.97. The third-order valence-electron chi connectivity index (χ3n) is 3.10. The highest BCUT2D eigenvalue weighted by Gasteiger charge is 2.06. The fourth-order valence-corrected chi connectivity index (χ4v) is 2.13. The fraction of sp³-hybridized carbons (Fsp3) is 0.333. The van der Waals surface area contributed by atoms with Crippen LogP contribution in [-0.4, -0.2) is 23.6 Å². The molecule has 1 aromatic carbocycles. The highest BCUT2D eigenvalue weighted by atomic mass is 16.5. The van der Waals surface area contributed by atoms with Crippen molar-refractivity contribution in [1.29, 1.82) is 0 Å². The second kappa shape index (κ2) is 7.33. The average molecular weight is 289 g/mol. The Bertz CT molecular complexity index is 621. The number of rotatable bonds is 5. The normalized spacial score (nSPS) is 10.3. The van der Waals surface area contributed by atoms with E-state index in [0.29, 0.717) is 12.8 Å². The summed E-state index contributed by atoms with van der Waals surface area (Å²) < 4.78 is 4.63. The molecule has 0 fully saturated rings. The van der Waals surface area contributed by atoms with Crippen LogP contribution in [0, 0.1) is 0 Å². The lowest BCUT2D eigenvalue weighted by atomic mass is 10.1. The Morgan fingerprint density at radius 2 is 2.05 bits per heavy atom. The van der Waals surface area contributed by atoms with Crippen molar-refractivity contribution in [2.75, 3.05) is 6.61 Å². The molecule has 0 aliphatic carbocycles. The van der Waals surface area contributed by atoms with Gasteiger partial charge in [0, 0.05) is 23.5 Å². The SMILES string of the molecule is CCOC(=O)NNC(=O)CCCc1c[nH]c2ccccc12. The molecule has 21 heavy (non-hydrogen) atoms. The lowest BCUT2D eigenvalue weighted by molar-refractivity contribution is -0.122. The van der Waals surface area contributed by atoms with Crippen LogP contribution in [0.5, 0.6) is 0 Å². The lowest BCUT2D eigenvalue weighted by Gasteiger charge is -2.06. The van der Waals surface area contributed by atoms with Crippen molar-refractivity contribution in [3.63, 3.8) is 0 Å². The summed E-state index contributed by atoms with van der Waals surface area (Å²) >= 11 is 0. The lowest BCUT2D eigenvalue weighted by Crippen LogP contribution is -2.41. The Morgan fingerprint density at radius 3 is 2.86 bits per heavy atom. The molecule has 0 spiro atoms. The minimum atomic E-state index is -0.650. The van der Waals surface area contributed by atoms with Crippen molar-refractivity contribution in [1.82, 2.24) is 15.8 Å². The van der Waals surface area contributed by atoms with Crippen LogP contribution in [0.4, 0.5) is 4.79 Å². The number of para-hydroxylation sites is 1. The maximum Gasteiger partial charge on any atom is 0.426 e.